The van der Waals surface area contributed by atoms with Gasteiger partial charge >= 0.3 is 0 Å². The first-order valence-electron chi connectivity index (χ1n) is 10.8. The summed E-state index contributed by atoms with van der Waals surface area (Å²) in [7, 11) is -1.71. The Morgan fingerprint density at radius 3 is 2.59 bits per heavy atom. The number of hydrogen-bond acceptors (Lipinski definition) is 3. The average molecular weight is 386 g/mol. The molecule has 3 nitrogen and oxygen atoms in total. The Balaban J connectivity index is 1.62. The van der Waals surface area contributed by atoms with Crippen LogP contribution in [0, 0.1) is 41.4 Å². The lowest BCUT2D eigenvalue weighted by Crippen LogP contribution is -2.56. The molecule has 148 valence electrons. The van der Waals surface area contributed by atoms with E-state index in [2.05, 4.69) is 43.7 Å². The van der Waals surface area contributed by atoms with E-state index < -0.39 is 8.32 Å². The second kappa shape index (κ2) is 6.49. The number of rotatable bonds is 2. The maximum atomic E-state index is 9.16. The molecule has 0 radical (unpaired) electrons. The molecule has 0 amide bonds. The van der Waals surface area contributed by atoms with E-state index in [0.29, 0.717) is 11.8 Å². The second-order valence-electron chi connectivity index (χ2n) is 10.6. The van der Waals surface area contributed by atoms with E-state index in [1.54, 1.807) is 5.57 Å². The maximum Gasteiger partial charge on any atom is 0.185 e. The Kier molecular flexibility index (Phi) is 4.63. The van der Waals surface area contributed by atoms with Crippen molar-refractivity contribution in [3.8, 4) is 12.3 Å². The zero-order chi connectivity index (χ0) is 19.4. The summed E-state index contributed by atoms with van der Waals surface area (Å²) in [6.07, 6.45) is 17.6. The van der Waals surface area contributed by atoms with E-state index in [0.717, 1.165) is 43.2 Å². The van der Waals surface area contributed by atoms with Gasteiger partial charge < -0.3 is 9.63 Å². The van der Waals surface area contributed by atoms with Crippen LogP contribution in [0.5, 0.6) is 0 Å². The third-order valence-electron chi connectivity index (χ3n) is 8.28. The number of terminal acetylenes is 1. The van der Waals surface area contributed by atoms with Crippen LogP contribution in [0.25, 0.3) is 0 Å². The average Bonchev–Trinajstić information content (AvgIpc) is 2.92. The molecule has 4 aliphatic rings. The molecule has 6 atom stereocenters. The van der Waals surface area contributed by atoms with Crippen LogP contribution in [0.4, 0.5) is 0 Å². The lowest BCUT2D eigenvalue weighted by molar-refractivity contribution is -0.0765. The SMILES string of the molecule is C#CC1(O[Si](C)(C)C)CC[C@H]2[C@@H]3CCC4=CC(=NO)CC[C@@H]4[C@H]3CC[C@@]21C. The third-order valence-corrected chi connectivity index (χ3v) is 9.24. The molecule has 1 N–H and O–H groups in total. The monoisotopic (exact) mass is 385 g/mol. The molecule has 4 rings (SSSR count). The third kappa shape index (κ3) is 2.93. The molecular weight excluding hydrogens is 350 g/mol. The molecule has 3 saturated carbocycles. The molecule has 0 aromatic heterocycles. The largest absolute Gasteiger partial charge is 0.411 e. The van der Waals surface area contributed by atoms with Crippen molar-refractivity contribution < 1.29 is 9.63 Å². The Hall–Kier alpha value is -1.05. The van der Waals surface area contributed by atoms with Gasteiger partial charge in [0.25, 0.3) is 0 Å². The smallest absolute Gasteiger partial charge is 0.185 e. The van der Waals surface area contributed by atoms with Gasteiger partial charge in [-0.15, -0.1) is 6.42 Å². The van der Waals surface area contributed by atoms with Crippen molar-refractivity contribution in [2.45, 2.75) is 83.5 Å². The van der Waals surface area contributed by atoms with Crippen molar-refractivity contribution in [1.29, 1.82) is 0 Å². The predicted molar refractivity (Wildman–Crippen MR) is 112 cm³/mol. The summed E-state index contributed by atoms with van der Waals surface area (Å²) in [4.78, 5) is 0. The van der Waals surface area contributed by atoms with Crippen LogP contribution < -0.4 is 0 Å². The molecule has 0 heterocycles. The summed E-state index contributed by atoms with van der Waals surface area (Å²) in [5, 5.41) is 12.6. The molecule has 4 aliphatic carbocycles. The molecule has 0 aromatic carbocycles. The lowest BCUT2D eigenvalue weighted by atomic mass is 9.50. The number of fused-ring (bicyclic) bond motifs is 5. The van der Waals surface area contributed by atoms with Crippen molar-refractivity contribution in [3.63, 3.8) is 0 Å². The molecule has 27 heavy (non-hydrogen) atoms. The molecular formula is C23H35NO2Si. The van der Waals surface area contributed by atoms with Crippen molar-refractivity contribution >= 4 is 14.0 Å². The minimum absolute atomic E-state index is 0.122. The van der Waals surface area contributed by atoms with Crippen molar-refractivity contribution in [3.05, 3.63) is 11.6 Å². The van der Waals surface area contributed by atoms with Crippen molar-refractivity contribution in [2.24, 2.45) is 34.2 Å². The van der Waals surface area contributed by atoms with Crippen LogP contribution in [0.1, 0.15) is 58.3 Å². The van der Waals surface area contributed by atoms with E-state index in [1.807, 2.05) is 0 Å². The second-order valence-corrected chi connectivity index (χ2v) is 15.0. The van der Waals surface area contributed by atoms with Gasteiger partial charge in [-0.05, 0) is 101 Å². The predicted octanol–water partition coefficient (Wildman–Crippen LogP) is 5.61. The van der Waals surface area contributed by atoms with Gasteiger partial charge in [-0.3, -0.25) is 0 Å². The first-order valence-corrected chi connectivity index (χ1v) is 14.2. The molecule has 0 aliphatic heterocycles. The lowest BCUT2D eigenvalue weighted by Gasteiger charge is -2.56. The molecule has 1 unspecified atom stereocenters. The van der Waals surface area contributed by atoms with E-state index in [1.165, 1.54) is 25.7 Å². The standard InChI is InChI=1S/C23H35NO2Si/c1-6-23(26-27(3,4)5)14-12-21-20-9-7-16-15-17(24-25)8-10-18(16)19(20)11-13-22(21,23)2/h1,15,18-21,25H,7-14H2,2-5H3/t18-,19+,20+,21-,22-,23?/m0/s1. The Labute approximate surface area is 165 Å². The fraction of sp³-hybridized carbons (Fsp3) is 0.783. The molecule has 3 fully saturated rings. The van der Waals surface area contributed by atoms with E-state index >= 15 is 0 Å². The zero-order valence-electron chi connectivity index (χ0n) is 17.4. The van der Waals surface area contributed by atoms with Crippen LogP contribution in [0.2, 0.25) is 19.6 Å². The number of allylic oxidation sites excluding steroid dienone is 2. The normalized spacial score (nSPS) is 45.4. The topological polar surface area (TPSA) is 41.8 Å². The molecule has 0 spiro atoms. The summed E-state index contributed by atoms with van der Waals surface area (Å²) in [6, 6.07) is 0. The van der Waals surface area contributed by atoms with E-state index in [-0.39, 0.29) is 11.0 Å². The molecule has 0 aromatic rings. The number of oxime groups is 1. The summed E-state index contributed by atoms with van der Waals surface area (Å²) in [5.41, 5.74) is 2.18. The highest BCUT2D eigenvalue weighted by Gasteiger charge is 2.63. The van der Waals surface area contributed by atoms with Gasteiger partial charge in [0.05, 0.1) is 5.71 Å². The number of nitrogens with zero attached hydrogens (tertiary/aromatic N) is 1. The van der Waals surface area contributed by atoms with Crippen LogP contribution in [0.3, 0.4) is 0 Å². The van der Waals surface area contributed by atoms with Gasteiger partial charge in [0.2, 0.25) is 0 Å². The summed E-state index contributed by atoms with van der Waals surface area (Å²) < 4.78 is 6.77. The van der Waals surface area contributed by atoms with Crippen molar-refractivity contribution in [2.75, 3.05) is 0 Å². The summed E-state index contributed by atoms with van der Waals surface area (Å²) >= 11 is 0. The van der Waals surface area contributed by atoms with Gasteiger partial charge in [-0.2, -0.15) is 0 Å². The summed E-state index contributed by atoms with van der Waals surface area (Å²) in [5.74, 6) is 6.14. The zero-order valence-corrected chi connectivity index (χ0v) is 18.4. The first kappa shape index (κ1) is 19.3. The fourth-order valence-corrected chi connectivity index (χ4v) is 8.67. The minimum Gasteiger partial charge on any atom is -0.411 e. The highest BCUT2D eigenvalue weighted by atomic mass is 28.4. The summed E-state index contributed by atoms with van der Waals surface area (Å²) in [6.45, 7) is 9.26. The van der Waals surface area contributed by atoms with E-state index in [9.17, 15) is 0 Å². The Bertz CT molecular complexity index is 715. The van der Waals surface area contributed by atoms with Gasteiger partial charge in [0.15, 0.2) is 8.32 Å². The number of hydrogen-bond donors (Lipinski definition) is 1. The highest BCUT2D eigenvalue weighted by Crippen LogP contribution is 2.66. The van der Waals surface area contributed by atoms with Crippen LogP contribution >= 0.6 is 0 Å². The minimum atomic E-state index is -1.71. The van der Waals surface area contributed by atoms with Gasteiger partial charge in [-0.1, -0.05) is 23.6 Å². The van der Waals surface area contributed by atoms with Crippen LogP contribution in [-0.4, -0.2) is 24.8 Å². The van der Waals surface area contributed by atoms with Crippen LogP contribution in [0.15, 0.2) is 16.8 Å². The first-order chi connectivity index (χ1) is 12.7. The maximum absolute atomic E-state index is 9.16. The molecule has 0 saturated heterocycles. The van der Waals surface area contributed by atoms with E-state index in [4.69, 9.17) is 16.1 Å². The highest BCUT2D eigenvalue weighted by molar-refractivity contribution is 6.69. The van der Waals surface area contributed by atoms with Gasteiger partial charge in [-0.25, -0.2) is 0 Å². The fourth-order valence-electron chi connectivity index (χ4n) is 7.23. The van der Waals surface area contributed by atoms with Gasteiger partial charge in [0, 0.05) is 5.41 Å². The Morgan fingerprint density at radius 1 is 1.15 bits per heavy atom. The van der Waals surface area contributed by atoms with Gasteiger partial charge in [0.1, 0.15) is 5.60 Å². The van der Waals surface area contributed by atoms with Crippen LogP contribution in [-0.2, 0) is 4.43 Å². The Morgan fingerprint density at radius 2 is 1.93 bits per heavy atom. The quantitative estimate of drug-likeness (QED) is 0.290. The molecule has 4 heteroatoms. The molecule has 0 bridgehead atoms. The van der Waals surface area contributed by atoms with Crippen molar-refractivity contribution in [1.82, 2.24) is 0 Å².